The van der Waals surface area contributed by atoms with Crippen molar-refractivity contribution in [1.29, 1.82) is 0 Å². The highest BCUT2D eigenvalue weighted by Gasteiger charge is 2.33. The molecule has 11 heteroatoms. The van der Waals surface area contributed by atoms with Crippen LogP contribution in [-0.4, -0.2) is 55.1 Å². The van der Waals surface area contributed by atoms with Crippen LogP contribution in [0.15, 0.2) is 17.0 Å². The third-order valence-corrected chi connectivity index (χ3v) is 10.2. The second-order valence-electron chi connectivity index (χ2n) is 7.22. The average molecular weight is 437 g/mol. The normalized spacial score (nSPS) is 24.8. The van der Waals surface area contributed by atoms with Gasteiger partial charge in [-0.05, 0) is 56.4 Å². The van der Waals surface area contributed by atoms with E-state index >= 15 is 0 Å². The minimum absolute atomic E-state index is 0.0239. The molecule has 2 aliphatic heterocycles. The number of aryl methyl sites for hydroxylation is 2. The van der Waals surface area contributed by atoms with Crippen molar-refractivity contribution in [3.05, 3.63) is 23.3 Å². The van der Waals surface area contributed by atoms with E-state index in [9.17, 15) is 25.3 Å². The number of anilines is 1. The summed E-state index contributed by atoms with van der Waals surface area (Å²) in [6.07, 6.45) is 1.64. The fourth-order valence-electron chi connectivity index (χ4n) is 3.56. The zero-order valence-electron chi connectivity index (χ0n) is 15.3. The number of sulfone groups is 1. The first-order valence-electron chi connectivity index (χ1n) is 8.76. The Morgan fingerprint density at radius 2 is 1.74 bits per heavy atom. The number of nitrogens with one attached hydrogen (secondary N) is 1. The van der Waals surface area contributed by atoms with Gasteiger partial charge in [0.15, 0.2) is 9.84 Å². The van der Waals surface area contributed by atoms with E-state index in [1.165, 1.54) is 10.4 Å². The van der Waals surface area contributed by atoms with Crippen molar-refractivity contribution >= 4 is 35.6 Å². The molecule has 2 fully saturated rings. The summed E-state index contributed by atoms with van der Waals surface area (Å²) < 4.78 is 77.2. The Kier molecular flexibility index (Phi) is 5.34. The summed E-state index contributed by atoms with van der Waals surface area (Å²) in [6, 6.07) is 2.40. The van der Waals surface area contributed by atoms with Crippen LogP contribution in [0.25, 0.3) is 0 Å². The highest BCUT2D eigenvalue weighted by Crippen LogP contribution is 2.31. The first kappa shape index (κ1) is 20.6. The Morgan fingerprint density at radius 3 is 2.33 bits per heavy atom. The van der Waals surface area contributed by atoms with Gasteiger partial charge in [-0.25, -0.2) is 30.0 Å². The highest BCUT2D eigenvalue weighted by atomic mass is 32.2. The molecule has 1 aromatic carbocycles. The van der Waals surface area contributed by atoms with Crippen LogP contribution in [0, 0.1) is 13.8 Å². The summed E-state index contributed by atoms with van der Waals surface area (Å²) in [7, 11) is -10.5. The molecule has 0 aliphatic carbocycles. The van der Waals surface area contributed by atoms with Crippen LogP contribution in [0.5, 0.6) is 0 Å². The maximum atomic E-state index is 12.7. The fourth-order valence-corrected chi connectivity index (χ4v) is 8.62. The van der Waals surface area contributed by atoms with E-state index in [4.69, 9.17) is 0 Å². The zero-order valence-corrected chi connectivity index (χ0v) is 17.8. The van der Waals surface area contributed by atoms with E-state index in [-0.39, 0.29) is 28.6 Å². The molecule has 0 bridgehead atoms. The molecule has 1 atom stereocenters. The number of sulfonamides is 2. The van der Waals surface area contributed by atoms with Crippen molar-refractivity contribution in [1.82, 2.24) is 4.72 Å². The predicted molar refractivity (Wildman–Crippen MR) is 104 cm³/mol. The number of rotatable bonds is 4. The van der Waals surface area contributed by atoms with E-state index in [1.807, 2.05) is 0 Å². The minimum Gasteiger partial charge on any atom is -0.270 e. The molecule has 0 radical (unpaired) electrons. The zero-order chi connectivity index (χ0) is 20.0. The summed E-state index contributed by atoms with van der Waals surface area (Å²) >= 11 is 0. The van der Waals surface area contributed by atoms with E-state index < -0.39 is 35.9 Å². The fraction of sp³-hybridized carbons (Fsp3) is 0.625. The van der Waals surface area contributed by atoms with Gasteiger partial charge in [-0.15, -0.1) is 0 Å². The quantitative estimate of drug-likeness (QED) is 0.742. The summed E-state index contributed by atoms with van der Waals surface area (Å²) in [5, 5.41) is 0. The third-order valence-electron chi connectivity index (χ3n) is 4.96. The first-order valence-corrected chi connectivity index (χ1v) is 13.7. The molecule has 0 aromatic heterocycles. The monoisotopic (exact) mass is 436 g/mol. The van der Waals surface area contributed by atoms with Crippen molar-refractivity contribution in [2.75, 3.05) is 28.1 Å². The molecule has 27 heavy (non-hydrogen) atoms. The molecule has 8 nitrogen and oxygen atoms in total. The van der Waals surface area contributed by atoms with Gasteiger partial charge in [0.25, 0.3) is 0 Å². The van der Waals surface area contributed by atoms with Crippen LogP contribution in [-0.2, 0) is 29.9 Å². The molecule has 0 amide bonds. The number of hydrogen-bond donors (Lipinski definition) is 1. The lowest BCUT2D eigenvalue weighted by Gasteiger charge is -2.30. The van der Waals surface area contributed by atoms with Crippen molar-refractivity contribution in [3.8, 4) is 0 Å². The Balaban J connectivity index is 1.92. The van der Waals surface area contributed by atoms with Crippen LogP contribution in [0.4, 0.5) is 5.69 Å². The standard InChI is InChI=1S/C16H24N2O6S3/c1-12-10-16(27(23,24)17-14-5-8-25(19,20)11-14)13(2)9-15(12)18-6-3-4-7-26(18,21)22/h9-10,14,17H,3-8,11H2,1-2H3. The smallest absolute Gasteiger partial charge is 0.241 e. The molecule has 2 heterocycles. The van der Waals surface area contributed by atoms with Crippen molar-refractivity contribution < 1.29 is 25.3 Å². The maximum absolute atomic E-state index is 12.7. The Bertz CT molecular complexity index is 1060. The molecular formula is C16H24N2O6S3. The van der Waals surface area contributed by atoms with Crippen molar-refractivity contribution in [3.63, 3.8) is 0 Å². The van der Waals surface area contributed by atoms with Crippen molar-refractivity contribution in [2.45, 2.75) is 44.0 Å². The molecule has 2 saturated heterocycles. The van der Waals surface area contributed by atoms with Gasteiger partial charge < -0.3 is 0 Å². The minimum atomic E-state index is -3.91. The lowest BCUT2D eigenvalue weighted by Crippen LogP contribution is -2.38. The number of benzene rings is 1. The molecule has 2 aliphatic rings. The Hall–Kier alpha value is -1.17. The number of hydrogen-bond acceptors (Lipinski definition) is 6. The van der Waals surface area contributed by atoms with Crippen LogP contribution < -0.4 is 9.03 Å². The summed E-state index contributed by atoms with van der Waals surface area (Å²) in [5.74, 6) is -0.137. The predicted octanol–water partition coefficient (Wildman–Crippen LogP) is 0.699. The second-order valence-corrected chi connectivity index (χ2v) is 13.1. The van der Waals surface area contributed by atoms with Gasteiger partial charge >= 0.3 is 0 Å². The molecule has 1 unspecified atom stereocenters. The van der Waals surface area contributed by atoms with E-state index in [0.29, 0.717) is 29.8 Å². The van der Waals surface area contributed by atoms with Crippen LogP contribution in [0.1, 0.15) is 30.4 Å². The van der Waals surface area contributed by atoms with Gasteiger partial charge in [-0.2, -0.15) is 0 Å². The van der Waals surface area contributed by atoms with Gasteiger partial charge in [0, 0.05) is 12.6 Å². The summed E-state index contributed by atoms with van der Waals surface area (Å²) in [6.45, 7) is 3.67. The summed E-state index contributed by atoms with van der Waals surface area (Å²) in [5.41, 5.74) is 1.46. The molecule has 3 rings (SSSR count). The van der Waals surface area contributed by atoms with Gasteiger partial charge in [-0.3, -0.25) is 4.31 Å². The second kappa shape index (κ2) is 7.02. The highest BCUT2D eigenvalue weighted by molar-refractivity contribution is 7.93. The SMILES string of the molecule is Cc1cc(S(=O)(=O)NC2CCS(=O)(=O)C2)c(C)cc1N1CCCCS1(=O)=O. The Labute approximate surface area is 161 Å². The average Bonchev–Trinajstić information content (AvgIpc) is 2.87. The van der Waals surface area contributed by atoms with Crippen LogP contribution in [0.3, 0.4) is 0 Å². The van der Waals surface area contributed by atoms with Crippen LogP contribution in [0.2, 0.25) is 0 Å². The molecule has 152 valence electrons. The van der Waals surface area contributed by atoms with E-state index in [0.717, 1.165) is 6.42 Å². The lowest BCUT2D eigenvalue weighted by molar-refractivity contribution is 0.562. The van der Waals surface area contributed by atoms with Gasteiger partial charge in [0.2, 0.25) is 20.0 Å². The van der Waals surface area contributed by atoms with E-state index in [2.05, 4.69) is 4.72 Å². The van der Waals surface area contributed by atoms with Crippen molar-refractivity contribution in [2.24, 2.45) is 0 Å². The molecule has 0 spiro atoms. The van der Waals surface area contributed by atoms with Crippen LogP contribution >= 0.6 is 0 Å². The molecule has 1 aromatic rings. The largest absolute Gasteiger partial charge is 0.270 e. The Morgan fingerprint density at radius 1 is 1.04 bits per heavy atom. The first-order chi connectivity index (χ1) is 12.4. The number of nitrogens with zero attached hydrogens (tertiary/aromatic N) is 1. The van der Waals surface area contributed by atoms with E-state index in [1.54, 1.807) is 19.9 Å². The molecule has 1 N–H and O–H groups in total. The molecule has 0 saturated carbocycles. The van der Waals surface area contributed by atoms with Gasteiger partial charge in [0.05, 0.1) is 27.8 Å². The van der Waals surface area contributed by atoms with Gasteiger partial charge in [-0.1, -0.05) is 0 Å². The lowest BCUT2D eigenvalue weighted by atomic mass is 10.1. The third kappa shape index (κ3) is 4.30. The maximum Gasteiger partial charge on any atom is 0.241 e. The molecular weight excluding hydrogens is 412 g/mol. The topological polar surface area (TPSA) is 118 Å². The van der Waals surface area contributed by atoms with Gasteiger partial charge in [0.1, 0.15) is 0 Å². The summed E-state index contributed by atoms with van der Waals surface area (Å²) in [4.78, 5) is 0.0439.